The molecule has 1 amide bonds. The van der Waals surface area contributed by atoms with Crippen LogP contribution in [0.3, 0.4) is 0 Å². The summed E-state index contributed by atoms with van der Waals surface area (Å²) in [6.45, 7) is 1.87. The smallest absolute Gasteiger partial charge is 0.350 e. The average Bonchev–Trinajstić information content (AvgIpc) is 3.31. The Hall–Kier alpha value is -2.93. The third-order valence-corrected chi connectivity index (χ3v) is 6.01. The molecule has 1 spiro atoms. The number of hydrogen-bond donors (Lipinski definition) is 1. The number of fused-ring (bicyclic) bond motifs is 1. The van der Waals surface area contributed by atoms with E-state index in [4.69, 9.17) is 4.74 Å². The molecule has 0 bridgehead atoms. The lowest BCUT2D eigenvalue weighted by atomic mass is 9.93. The summed E-state index contributed by atoms with van der Waals surface area (Å²) in [4.78, 5) is 25.1. The quantitative estimate of drug-likeness (QED) is 0.756. The van der Waals surface area contributed by atoms with Crippen LogP contribution in [0.4, 0.5) is 5.69 Å². The van der Waals surface area contributed by atoms with Crippen molar-refractivity contribution in [1.29, 1.82) is 0 Å². The zero-order valence-corrected chi connectivity index (χ0v) is 15.5. The zero-order valence-electron chi connectivity index (χ0n) is 15.5. The average molecular weight is 378 g/mol. The molecule has 3 heterocycles. The molecule has 2 aliphatic rings. The second-order valence-electron chi connectivity index (χ2n) is 7.79. The standard InChI is InChI=1S/C21H22N4O3/c26-19(17-13-21(17)7-10-28-11-8-21)22-16-5-3-4-15(12-16)14-25-20(27)24-9-2-1-6-18(24)23-25/h1-6,9,12,17H,7-8,10-11,13-14H2,(H,22,26). The van der Waals surface area contributed by atoms with E-state index in [0.29, 0.717) is 12.2 Å². The van der Waals surface area contributed by atoms with Gasteiger partial charge in [-0.1, -0.05) is 18.2 Å². The van der Waals surface area contributed by atoms with Gasteiger partial charge in [-0.25, -0.2) is 9.48 Å². The van der Waals surface area contributed by atoms with E-state index in [1.54, 1.807) is 18.3 Å². The molecule has 1 atom stereocenters. The van der Waals surface area contributed by atoms with Crippen molar-refractivity contribution < 1.29 is 9.53 Å². The summed E-state index contributed by atoms with van der Waals surface area (Å²) in [5.74, 6) is 0.171. The lowest BCUT2D eigenvalue weighted by molar-refractivity contribution is -0.118. The number of ether oxygens (including phenoxy) is 1. The Morgan fingerprint density at radius 1 is 1.21 bits per heavy atom. The third kappa shape index (κ3) is 3.01. The molecule has 7 nitrogen and oxygen atoms in total. The zero-order chi connectivity index (χ0) is 19.1. The second kappa shape index (κ2) is 6.60. The molecule has 28 heavy (non-hydrogen) atoms. The van der Waals surface area contributed by atoms with Crippen LogP contribution in [-0.2, 0) is 16.1 Å². The van der Waals surface area contributed by atoms with Gasteiger partial charge in [-0.15, -0.1) is 5.10 Å². The van der Waals surface area contributed by atoms with E-state index in [-0.39, 0.29) is 22.9 Å². The second-order valence-corrected chi connectivity index (χ2v) is 7.79. The van der Waals surface area contributed by atoms with Gasteiger partial charge in [0.25, 0.3) is 0 Å². The van der Waals surface area contributed by atoms with Crippen molar-refractivity contribution in [2.75, 3.05) is 18.5 Å². The fourth-order valence-corrected chi connectivity index (χ4v) is 4.27. The first-order valence-electron chi connectivity index (χ1n) is 9.66. The van der Waals surface area contributed by atoms with Gasteiger partial charge in [0.15, 0.2) is 5.65 Å². The first-order valence-corrected chi connectivity index (χ1v) is 9.66. The normalized spacial score (nSPS) is 20.4. The van der Waals surface area contributed by atoms with Crippen molar-refractivity contribution in [3.8, 4) is 0 Å². The molecule has 1 aromatic carbocycles. The Labute approximate surface area is 161 Å². The van der Waals surface area contributed by atoms with E-state index in [1.807, 2.05) is 30.3 Å². The fourth-order valence-electron chi connectivity index (χ4n) is 4.27. The van der Waals surface area contributed by atoms with Gasteiger partial charge >= 0.3 is 5.69 Å². The summed E-state index contributed by atoms with van der Waals surface area (Å²) in [7, 11) is 0. The van der Waals surface area contributed by atoms with Crippen LogP contribution in [0.2, 0.25) is 0 Å². The predicted molar refractivity (Wildman–Crippen MR) is 104 cm³/mol. The Morgan fingerprint density at radius 2 is 2.07 bits per heavy atom. The highest BCUT2D eigenvalue weighted by Gasteiger charge is 2.57. The summed E-state index contributed by atoms with van der Waals surface area (Å²) in [6.07, 6.45) is 4.61. The van der Waals surface area contributed by atoms with Crippen LogP contribution in [0.1, 0.15) is 24.8 Å². The maximum atomic E-state index is 12.7. The number of benzene rings is 1. The molecule has 3 aromatic rings. The van der Waals surface area contributed by atoms with Crippen LogP contribution in [-0.4, -0.2) is 33.3 Å². The number of nitrogens with one attached hydrogen (secondary N) is 1. The lowest BCUT2D eigenvalue weighted by Crippen LogP contribution is -2.24. The van der Waals surface area contributed by atoms with Gasteiger partial charge in [-0.2, -0.15) is 0 Å². The number of hydrogen-bond acceptors (Lipinski definition) is 4. The van der Waals surface area contributed by atoms with Crippen molar-refractivity contribution in [2.45, 2.75) is 25.8 Å². The van der Waals surface area contributed by atoms with E-state index in [0.717, 1.165) is 43.7 Å². The molecule has 1 saturated carbocycles. The summed E-state index contributed by atoms with van der Waals surface area (Å²) in [6, 6.07) is 13.1. The van der Waals surface area contributed by atoms with Crippen LogP contribution < -0.4 is 11.0 Å². The molecule has 1 unspecified atom stereocenters. The van der Waals surface area contributed by atoms with E-state index in [2.05, 4.69) is 10.4 Å². The third-order valence-electron chi connectivity index (χ3n) is 6.01. The lowest BCUT2D eigenvalue weighted by Gasteiger charge is -2.22. The Bertz CT molecular complexity index is 1090. The summed E-state index contributed by atoms with van der Waals surface area (Å²) >= 11 is 0. The molecule has 1 saturated heterocycles. The van der Waals surface area contributed by atoms with Gasteiger partial charge in [0, 0.05) is 31.0 Å². The SMILES string of the molecule is O=C(Nc1cccc(Cn2nc3ccccn3c2=O)c1)C1CC12CCOCC2. The van der Waals surface area contributed by atoms with Crippen LogP contribution in [0.5, 0.6) is 0 Å². The summed E-state index contributed by atoms with van der Waals surface area (Å²) < 4.78 is 8.39. The minimum atomic E-state index is -0.176. The highest BCUT2D eigenvalue weighted by molar-refractivity contribution is 5.95. The van der Waals surface area contributed by atoms with Gasteiger partial charge in [0.2, 0.25) is 5.91 Å². The molecule has 2 aromatic heterocycles. The highest BCUT2D eigenvalue weighted by Crippen LogP contribution is 2.59. The summed E-state index contributed by atoms with van der Waals surface area (Å²) in [5.41, 5.74) is 2.27. The van der Waals surface area contributed by atoms with Crippen molar-refractivity contribution in [3.05, 3.63) is 64.7 Å². The van der Waals surface area contributed by atoms with Crippen LogP contribution >= 0.6 is 0 Å². The van der Waals surface area contributed by atoms with E-state index >= 15 is 0 Å². The molecular formula is C21H22N4O3. The molecule has 1 aliphatic heterocycles. The van der Waals surface area contributed by atoms with Crippen molar-refractivity contribution in [2.24, 2.45) is 11.3 Å². The van der Waals surface area contributed by atoms with Gasteiger partial charge in [-0.3, -0.25) is 9.20 Å². The summed E-state index contributed by atoms with van der Waals surface area (Å²) in [5, 5.41) is 7.41. The number of rotatable bonds is 4. The minimum absolute atomic E-state index is 0.0844. The van der Waals surface area contributed by atoms with Crippen LogP contribution in [0.15, 0.2) is 53.5 Å². The van der Waals surface area contributed by atoms with Gasteiger partial charge in [0.1, 0.15) is 0 Å². The van der Waals surface area contributed by atoms with Gasteiger partial charge in [-0.05, 0) is 54.5 Å². The fraction of sp³-hybridized carbons (Fsp3) is 0.381. The van der Waals surface area contributed by atoms with Crippen molar-refractivity contribution in [1.82, 2.24) is 14.2 Å². The first-order chi connectivity index (χ1) is 13.6. The largest absolute Gasteiger partial charge is 0.381 e. The first kappa shape index (κ1) is 17.2. The minimum Gasteiger partial charge on any atom is -0.381 e. The highest BCUT2D eigenvalue weighted by atomic mass is 16.5. The van der Waals surface area contributed by atoms with Crippen LogP contribution in [0, 0.1) is 11.3 Å². The number of nitrogens with zero attached hydrogens (tertiary/aromatic N) is 3. The number of aromatic nitrogens is 3. The molecule has 0 radical (unpaired) electrons. The molecule has 7 heteroatoms. The van der Waals surface area contributed by atoms with Crippen LogP contribution in [0.25, 0.3) is 5.65 Å². The molecule has 144 valence electrons. The van der Waals surface area contributed by atoms with E-state index in [9.17, 15) is 9.59 Å². The molecule has 2 fully saturated rings. The van der Waals surface area contributed by atoms with Crippen molar-refractivity contribution >= 4 is 17.2 Å². The predicted octanol–water partition coefficient (Wildman–Crippen LogP) is 2.30. The molecular weight excluding hydrogens is 356 g/mol. The number of pyridine rings is 1. The Morgan fingerprint density at radius 3 is 2.89 bits per heavy atom. The van der Waals surface area contributed by atoms with Gasteiger partial charge < -0.3 is 10.1 Å². The van der Waals surface area contributed by atoms with E-state index < -0.39 is 0 Å². The van der Waals surface area contributed by atoms with Crippen molar-refractivity contribution in [3.63, 3.8) is 0 Å². The monoisotopic (exact) mass is 378 g/mol. The number of carbonyl (C=O) groups is 1. The maximum Gasteiger partial charge on any atom is 0.350 e. The molecule has 1 N–H and O–H groups in total. The Balaban J connectivity index is 1.30. The molecule has 5 rings (SSSR count). The van der Waals surface area contributed by atoms with E-state index in [1.165, 1.54) is 9.08 Å². The molecule has 1 aliphatic carbocycles. The van der Waals surface area contributed by atoms with Gasteiger partial charge in [0.05, 0.1) is 6.54 Å². The number of carbonyl (C=O) groups excluding carboxylic acids is 1. The maximum absolute atomic E-state index is 12.7. The Kier molecular flexibility index (Phi) is 4.05. The number of amides is 1. The number of anilines is 1. The topological polar surface area (TPSA) is 77.6 Å².